The SMILES string of the molecule is CCc1ccc(-c2nc(C(=O)O[C@H](C)C(=O)Nc3ccc(F)cc3)cs2)cc1. The van der Waals surface area contributed by atoms with E-state index in [9.17, 15) is 14.0 Å². The number of thiazole rings is 1. The first-order valence-corrected chi connectivity index (χ1v) is 9.66. The number of hydrogen-bond donors (Lipinski definition) is 1. The van der Waals surface area contributed by atoms with Gasteiger partial charge in [-0.2, -0.15) is 0 Å². The van der Waals surface area contributed by atoms with Crippen LogP contribution in [0.1, 0.15) is 29.9 Å². The second-order valence-electron chi connectivity index (χ2n) is 6.13. The third kappa shape index (κ3) is 4.80. The average molecular weight is 398 g/mol. The molecule has 0 radical (unpaired) electrons. The number of amides is 1. The fourth-order valence-corrected chi connectivity index (χ4v) is 3.23. The third-order valence-electron chi connectivity index (χ3n) is 4.09. The van der Waals surface area contributed by atoms with E-state index in [2.05, 4.69) is 17.2 Å². The number of aromatic nitrogens is 1. The normalized spacial score (nSPS) is 11.7. The van der Waals surface area contributed by atoms with Gasteiger partial charge in [-0.15, -0.1) is 11.3 Å². The highest BCUT2D eigenvalue weighted by Crippen LogP contribution is 2.24. The van der Waals surface area contributed by atoms with Gasteiger partial charge in [-0.3, -0.25) is 4.79 Å². The molecule has 3 aromatic rings. The Morgan fingerprint density at radius 2 is 1.82 bits per heavy atom. The Hall–Kier alpha value is -3.06. The lowest BCUT2D eigenvalue weighted by atomic mass is 10.1. The molecule has 0 bridgehead atoms. The average Bonchev–Trinajstić information content (AvgIpc) is 3.20. The van der Waals surface area contributed by atoms with Crippen LogP contribution in [0, 0.1) is 5.82 Å². The van der Waals surface area contributed by atoms with Crippen LogP contribution in [0.4, 0.5) is 10.1 Å². The summed E-state index contributed by atoms with van der Waals surface area (Å²) in [7, 11) is 0. The lowest BCUT2D eigenvalue weighted by Gasteiger charge is -2.12. The molecular formula is C21H19FN2O3S. The maximum absolute atomic E-state index is 12.9. The number of halogens is 1. The van der Waals surface area contributed by atoms with E-state index >= 15 is 0 Å². The molecule has 1 aromatic heterocycles. The van der Waals surface area contributed by atoms with Crippen LogP contribution in [0.15, 0.2) is 53.9 Å². The third-order valence-corrected chi connectivity index (χ3v) is 4.98. The Morgan fingerprint density at radius 3 is 2.46 bits per heavy atom. The van der Waals surface area contributed by atoms with Gasteiger partial charge >= 0.3 is 5.97 Å². The number of carbonyl (C=O) groups excluding carboxylic acids is 2. The molecule has 5 nitrogen and oxygen atoms in total. The summed E-state index contributed by atoms with van der Waals surface area (Å²) in [6.07, 6.45) is -0.0697. The number of nitrogens with one attached hydrogen (secondary N) is 1. The molecule has 0 aliphatic heterocycles. The minimum absolute atomic E-state index is 0.154. The molecule has 1 N–H and O–H groups in total. The second kappa shape index (κ2) is 8.75. The Morgan fingerprint density at radius 1 is 1.14 bits per heavy atom. The first kappa shape index (κ1) is 19.7. The molecule has 2 aromatic carbocycles. The van der Waals surface area contributed by atoms with E-state index in [0.717, 1.165) is 12.0 Å². The van der Waals surface area contributed by atoms with Crippen molar-refractivity contribution in [2.75, 3.05) is 5.32 Å². The van der Waals surface area contributed by atoms with Crippen LogP contribution in [0.2, 0.25) is 0 Å². The predicted molar refractivity (Wildman–Crippen MR) is 107 cm³/mol. The number of aryl methyl sites for hydroxylation is 1. The monoisotopic (exact) mass is 398 g/mol. The summed E-state index contributed by atoms with van der Waals surface area (Å²) in [5.74, 6) is -1.58. The fraction of sp³-hybridized carbons (Fsp3) is 0.190. The standard InChI is InChI=1S/C21H19FN2O3S/c1-3-14-4-6-15(7-5-14)20-24-18(12-28-20)21(26)27-13(2)19(25)23-17-10-8-16(22)9-11-17/h4-13H,3H2,1-2H3,(H,23,25)/t13-/m1/s1. The predicted octanol–water partition coefficient (Wildman–Crippen LogP) is 4.70. The van der Waals surface area contributed by atoms with Gasteiger partial charge in [0.15, 0.2) is 11.8 Å². The molecule has 144 valence electrons. The molecule has 3 rings (SSSR count). The number of hydrogen-bond acceptors (Lipinski definition) is 5. The maximum atomic E-state index is 12.9. The summed E-state index contributed by atoms with van der Waals surface area (Å²) < 4.78 is 18.1. The summed E-state index contributed by atoms with van der Waals surface area (Å²) in [6.45, 7) is 3.55. The van der Waals surface area contributed by atoms with Crippen LogP contribution in [0.3, 0.4) is 0 Å². The number of anilines is 1. The zero-order valence-electron chi connectivity index (χ0n) is 15.4. The maximum Gasteiger partial charge on any atom is 0.358 e. The summed E-state index contributed by atoms with van der Waals surface area (Å²) in [5.41, 5.74) is 2.71. The molecule has 1 atom stereocenters. The van der Waals surface area contributed by atoms with Gasteiger partial charge in [0.05, 0.1) is 0 Å². The Labute approximate surface area is 166 Å². The minimum Gasteiger partial charge on any atom is -0.448 e. The number of rotatable bonds is 6. The number of benzene rings is 2. The minimum atomic E-state index is -1.02. The number of esters is 1. The van der Waals surface area contributed by atoms with Gasteiger partial charge in [-0.25, -0.2) is 14.2 Å². The van der Waals surface area contributed by atoms with E-state index in [0.29, 0.717) is 10.7 Å². The molecule has 0 fully saturated rings. The Balaban J connectivity index is 1.61. The number of carbonyl (C=O) groups is 2. The van der Waals surface area contributed by atoms with E-state index in [1.807, 2.05) is 24.3 Å². The van der Waals surface area contributed by atoms with Crippen molar-refractivity contribution < 1.29 is 18.7 Å². The molecule has 7 heteroatoms. The number of ether oxygens (including phenoxy) is 1. The largest absolute Gasteiger partial charge is 0.448 e. The molecule has 0 spiro atoms. The van der Waals surface area contributed by atoms with Crippen molar-refractivity contribution >= 4 is 28.9 Å². The number of nitrogens with zero attached hydrogens (tertiary/aromatic N) is 1. The van der Waals surface area contributed by atoms with Gasteiger partial charge < -0.3 is 10.1 Å². The van der Waals surface area contributed by atoms with Gasteiger partial charge in [0.25, 0.3) is 5.91 Å². The van der Waals surface area contributed by atoms with Crippen LogP contribution in [0.5, 0.6) is 0 Å². The van der Waals surface area contributed by atoms with Crippen molar-refractivity contribution in [1.82, 2.24) is 4.98 Å². The van der Waals surface area contributed by atoms with E-state index in [1.165, 1.54) is 48.1 Å². The molecule has 0 aliphatic carbocycles. The van der Waals surface area contributed by atoms with E-state index in [1.54, 1.807) is 5.38 Å². The van der Waals surface area contributed by atoms with Crippen LogP contribution >= 0.6 is 11.3 Å². The van der Waals surface area contributed by atoms with E-state index < -0.39 is 23.8 Å². The first-order chi connectivity index (χ1) is 13.5. The lowest BCUT2D eigenvalue weighted by molar-refractivity contribution is -0.123. The molecule has 0 saturated carbocycles. The zero-order valence-corrected chi connectivity index (χ0v) is 16.3. The van der Waals surface area contributed by atoms with Gasteiger partial charge in [-0.05, 0) is 43.2 Å². The molecule has 0 unspecified atom stereocenters. The van der Waals surface area contributed by atoms with Crippen molar-refractivity contribution in [3.8, 4) is 10.6 Å². The summed E-state index contributed by atoms with van der Waals surface area (Å²) in [6, 6.07) is 13.3. The van der Waals surface area contributed by atoms with Crippen LogP contribution in [-0.4, -0.2) is 23.0 Å². The van der Waals surface area contributed by atoms with E-state index in [4.69, 9.17) is 4.74 Å². The van der Waals surface area contributed by atoms with Crippen molar-refractivity contribution in [2.24, 2.45) is 0 Å². The molecule has 0 saturated heterocycles. The lowest BCUT2D eigenvalue weighted by Crippen LogP contribution is -2.30. The summed E-state index contributed by atoms with van der Waals surface area (Å²) in [5, 5.41) is 4.88. The van der Waals surface area contributed by atoms with Crippen molar-refractivity contribution in [2.45, 2.75) is 26.4 Å². The van der Waals surface area contributed by atoms with Crippen molar-refractivity contribution in [3.05, 3.63) is 71.0 Å². The fourth-order valence-electron chi connectivity index (χ4n) is 2.43. The van der Waals surface area contributed by atoms with Gasteiger partial charge in [0.1, 0.15) is 10.8 Å². The van der Waals surface area contributed by atoms with Crippen LogP contribution in [0.25, 0.3) is 10.6 Å². The summed E-state index contributed by atoms with van der Waals surface area (Å²) >= 11 is 1.34. The van der Waals surface area contributed by atoms with Gasteiger partial charge in [0, 0.05) is 16.6 Å². The zero-order chi connectivity index (χ0) is 20.1. The second-order valence-corrected chi connectivity index (χ2v) is 6.99. The summed E-state index contributed by atoms with van der Waals surface area (Å²) in [4.78, 5) is 28.8. The Bertz CT molecular complexity index is 968. The van der Waals surface area contributed by atoms with Gasteiger partial charge in [-0.1, -0.05) is 31.2 Å². The molecular weight excluding hydrogens is 379 g/mol. The van der Waals surface area contributed by atoms with Crippen LogP contribution < -0.4 is 5.32 Å². The van der Waals surface area contributed by atoms with Crippen molar-refractivity contribution in [3.63, 3.8) is 0 Å². The topological polar surface area (TPSA) is 68.3 Å². The molecule has 1 heterocycles. The highest BCUT2D eigenvalue weighted by molar-refractivity contribution is 7.13. The highest BCUT2D eigenvalue weighted by atomic mass is 32.1. The molecule has 0 aliphatic rings. The quantitative estimate of drug-likeness (QED) is 0.612. The first-order valence-electron chi connectivity index (χ1n) is 8.78. The van der Waals surface area contributed by atoms with Crippen molar-refractivity contribution in [1.29, 1.82) is 0 Å². The van der Waals surface area contributed by atoms with Crippen LogP contribution in [-0.2, 0) is 16.0 Å². The van der Waals surface area contributed by atoms with Gasteiger partial charge in [0.2, 0.25) is 0 Å². The molecule has 28 heavy (non-hydrogen) atoms. The highest BCUT2D eigenvalue weighted by Gasteiger charge is 2.21. The smallest absolute Gasteiger partial charge is 0.358 e. The van der Waals surface area contributed by atoms with E-state index in [-0.39, 0.29) is 5.69 Å². The molecule has 1 amide bonds. The Kier molecular flexibility index (Phi) is 6.16.